The Morgan fingerprint density at radius 3 is 2.57 bits per heavy atom. The van der Waals surface area contributed by atoms with Crippen LogP contribution in [-0.2, 0) is 6.42 Å². The van der Waals surface area contributed by atoms with Gasteiger partial charge in [0.2, 0.25) is 0 Å². The van der Waals surface area contributed by atoms with Gasteiger partial charge in [0.1, 0.15) is 4.92 Å². The molecule has 5 heteroatoms. The molecule has 21 heavy (non-hydrogen) atoms. The normalized spacial score (nSPS) is 10.7. The van der Waals surface area contributed by atoms with Crippen LogP contribution in [0.25, 0.3) is 11.0 Å². The maximum absolute atomic E-state index is 11.3. The molecule has 0 saturated heterocycles. The van der Waals surface area contributed by atoms with Crippen LogP contribution in [-0.4, -0.2) is 12.0 Å². The largest absolute Gasteiger partial charge is 0.493 e. The predicted octanol–water partition coefficient (Wildman–Crippen LogP) is 3.94. The molecule has 0 unspecified atom stereocenters. The highest BCUT2D eigenvalue weighted by Crippen LogP contribution is 2.37. The van der Waals surface area contributed by atoms with Crippen molar-refractivity contribution in [2.45, 2.75) is 6.42 Å². The first-order valence-electron chi connectivity index (χ1n) is 6.47. The van der Waals surface area contributed by atoms with Crippen molar-refractivity contribution in [3.8, 4) is 5.75 Å². The lowest BCUT2D eigenvalue weighted by Gasteiger charge is -2.00. The van der Waals surface area contributed by atoms with Crippen molar-refractivity contribution in [2.24, 2.45) is 0 Å². The van der Waals surface area contributed by atoms with Crippen molar-refractivity contribution in [3.63, 3.8) is 0 Å². The molecule has 0 fully saturated rings. The topological polar surface area (TPSA) is 65.5 Å². The zero-order chi connectivity index (χ0) is 14.8. The lowest BCUT2D eigenvalue weighted by Crippen LogP contribution is -1.93. The number of furan rings is 1. The number of nitro groups is 1. The Balaban J connectivity index is 2.19. The minimum absolute atomic E-state index is 0.224. The summed E-state index contributed by atoms with van der Waals surface area (Å²) >= 11 is 0. The van der Waals surface area contributed by atoms with Gasteiger partial charge >= 0.3 is 5.88 Å². The molecule has 0 aliphatic carbocycles. The molecule has 0 radical (unpaired) electrons. The second-order valence-electron chi connectivity index (χ2n) is 4.64. The number of methoxy groups -OCH3 is 1. The van der Waals surface area contributed by atoms with Gasteiger partial charge in [-0.05, 0) is 11.6 Å². The first-order chi connectivity index (χ1) is 10.2. The van der Waals surface area contributed by atoms with Gasteiger partial charge in [-0.2, -0.15) is 0 Å². The van der Waals surface area contributed by atoms with Crippen LogP contribution in [0.4, 0.5) is 5.88 Å². The van der Waals surface area contributed by atoms with E-state index in [2.05, 4.69) is 0 Å². The van der Waals surface area contributed by atoms with E-state index < -0.39 is 4.92 Å². The van der Waals surface area contributed by atoms with Gasteiger partial charge in [0, 0.05) is 11.8 Å². The van der Waals surface area contributed by atoms with Gasteiger partial charge in [-0.1, -0.05) is 42.5 Å². The van der Waals surface area contributed by atoms with Crippen LogP contribution in [0.3, 0.4) is 0 Å². The standard InChI is InChI=1S/C16H13NO4/c1-20-14-9-5-8-12-13(10-11-6-3-2-4-7-11)16(17(18)19)21-15(12)14/h2-9H,10H2,1H3. The quantitative estimate of drug-likeness (QED) is 0.537. The maximum atomic E-state index is 11.3. The summed E-state index contributed by atoms with van der Waals surface area (Å²) in [7, 11) is 1.51. The minimum atomic E-state index is -0.488. The highest BCUT2D eigenvalue weighted by atomic mass is 16.6. The number of para-hydroxylation sites is 1. The number of hydrogen-bond acceptors (Lipinski definition) is 4. The molecule has 3 rings (SSSR count). The summed E-state index contributed by atoms with van der Waals surface area (Å²) in [6.07, 6.45) is 0.442. The van der Waals surface area contributed by atoms with Gasteiger partial charge in [-0.15, -0.1) is 0 Å². The molecule has 1 heterocycles. The number of nitrogens with zero attached hydrogens (tertiary/aromatic N) is 1. The third kappa shape index (κ3) is 2.33. The van der Waals surface area contributed by atoms with Crippen molar-refractivity contribution in [3.05, 3.63) is 69.8 Å². The molecule has 2 aromatic carbocycles. The van der Waals surface area contributed by atoms with E-state index >= 15 is 0 Å². The maximum Gasteiger partial charge on any atom is 0.437 e. The van der Waals surface area contributed by atoms with Gasteiger partial charge in [0.25, 0.3) is 0 Å². The molecule has 5 nitrogen and oxygen atoms in total. The Hall–Kier alpha value is -2.82. The van der Waals surface area contributed by atoms with Gasteiger partial charge in [0.15, 0.2) is 11.3 Å². The monoisotopic (exact) mass is 283 g/mol. The lowest BCUT2D eigenvalue weighted by atomic mass is 10.0. The predicted molar refractivity (Wildman–Crippen MR) is 78.7 cm³/mol. The Morgan fingerprint density at radius 1 is 1.14 bits per heavy atom. The number of benzene rings is 2. The first-order valence-corrected chi connectivity index (χ1v) is 6.47. The fraction of sp³-hybridized carbons (Fsp3) is 0.125. The summed E-state index contributed by atoms with van der Waals surface area (Å²) in [6.45, 7) is 0. The first kappa shape index (κ1) is 13.2. The molecular formula is C16H13NO4. The van der Waals surface area contributed by atoms with E-state index in [9.17, 15) is 10.1 Å². The van der Waals surface area contributed by atoms with Crippen molar-refractivity contribution in [1.82, 2.24) is 0 Å². The van der Waals surface area contributed by atoms with Crippen LogP contribution in [0.2, 0.25) is 0 Å². The van der Waals surface area contributed by atoms with Gasteiger partial charge in [-0.25, -0.2) is 0 Å². The summed E-state index contributed by atoms with van der Waals surface area (Å²) in [6, 6.07) is 14.9. The smallest absolute Gasteiger partial charge is 0.437 e. The van der Waals surface area contributed by atoms with E-state index in [0.717, 1.165) is 5.56 Å². The van der Waals surface area contributed by atoms with Crippen LogP contribution in [0.15, 0.2) is 52.9 Å². The molecule has 0 aliphatic heterocycles. The molecule has 1 aromatic heterocycles. The molecule has 0 spiro atoms. The Kier molecular flexibility index (Phi) is 3.31. The van der Waals surface area contributed by atoms with Gasteiger partial charge < -0.3 is 9.15 Å². The molecular weight excluding hydrogens is 270 g/mol. The van der Waals surface area contributed by atoms with E-state index in [-0.39, 0.29) is 5.88 Å². The SMILES string of the molecule is COc1cccc2c(Cc3ccccc3)c([N+](=O)[O-])oc12. The molecule has 0 N–H and O–H groups in total. The van der Waals surface area contributed by atoms with Crippen LogP contribution in [0, 0.1) is 10.1 Å². The molecule has 0 atom stereocenters. The third-order valence-electron chi connectivity index (χ3n) is 3.37. The van der Waals surface area contributed by atoms with Crippen molar-refractivity contribution in [2.75, 3.05) is 7.11 Å². The minimum Gasteiger partial charge on any atom is -0.493 e. The summed E-state index contributed by atoms with van der Waals surface area (Å²) in [4.78, 5) is 10.8. The van der Waals surface area contributed by atoms with Crippen molar-refractivity contribution in [1.29, 1.82) is 0 Å². The van der Waals surface area contributed by atoms with E-state index in [1.54, 1.807) is 12.1 Å². The fourth-order valence-electron chi connectivity index (χ4n) is 2.41. The van der Waals surface area contributed by atoms with Gasteiger partial charge in [0.05, 0.1) is 12.7 Å². The molecule has 106 valence electrons. The summed E-state index contributed by atoms with van der Waals surface area (Å²) in [5.74, 6) is 0.272. The average Bonchev–Trinajstić information content (AvgIpc) is 2.87. The van der Waals surface area contributed by atoms with E-state index in [1.807, 2.05) is 36.4 Å². The summed E-state index contributed by atoms with van der Waals surface area (Å²) in [5.41, 5.74) is 1.98. The highest BCUT2D eigenvalue weighted by molar-refractivity contribution is 5.89. The number of fused-ring (bicyclic) bond motifs is 1. The molecule has 3 aromatic rings. The van der Waals surface area contributed by atoms with Crippen molar-refractivity contribution >= 4 is 16.9 Å². The molecule has 0 amide bonds. The lowest BCUT2D eigenvalue weighted by molar-refractivity contribution is -0.402. The van der Waals surface area contributed by atoms with E-state index in [4.69, 9.17) is 9.15 Å². The Morgan fingerprint density at radius 2 is 1.90 bits per heavy atom. The molecule has 0 saturated carbocycles. The fourth-order valence-corrected chi connectivity index (χ4v) is 2.41. The van der Waals surface area contributed by atoms with Crippen LogP contribution < -0.4 is 4.74 Å². The zero-order valence-electron chi connectivity index (χ0n) is 11.4. The molecule has 0 bridgehead atoms. The van der Waals surface area contributed by atoms with Crippen molar-refractivity contribution < 1.29 is 14.1 Å². The highest BCUT2D eigenvalue weighted by Gasteiger charge is 2.25. The summed E-state index contributed by atoms with van der Waals surface area (Å²) in [5, 5.41) is 12.0. The Bertz CT molecular complexity index is 793. The van der Waals surface area contributed by atoms with Crippen LogP contribution in [0.5, 0.6) is 5.75 Å². The van der Waals surface area contributed by atoms with Crippen LogP contribution >= 0.6 is 0 Å². The second-order valence-corrected chi connectivity index (χ2v) is 4.64. The van der Waals surface area contributed by atoms with Crippen LogP contribution in [0.1, 0.15) is 11.1 Å². The molecule has 0 aliphatic rings. The van der Waals surface area contributed by atoms with E-state index in [1.165, 1.54) is 7.11 Å². The number of ether oxygens (including phenoxy) is 1. The Labute approximate surface area is 120 Å². The summed E-state index contributed by atoms with van der Waals surface area (Å²) < 4.78 is 10.6. The van der Waals surface area contributed by atoms with E-state index in [0.29, 0.717) is 28.7 Å². The average molecular weight is 283 g/mol. The third-order valence-corrected chi connectivity index (χ3v) is 3.37. The van der Waals surface area contributed by atoms with Gasteiger partial charge in [-0.3, -0.25) is 10.1 Å². The second kappa shape index (κ2) is 5.28. The number of rotatable bonds is 4. The zero-order valence-corrected chi connectivity index (χ0v) is 11.4. The number of hydrogen-bond donors (Lipinski definition) is 0.